The molecule has 130 valence electrons. The Labute approximate surface area is 142 Å². The maximum atomic E-state index is 14.1. The highest BCUT2D eigenvalue weighted by atomic mass is 19.1. The van der Waals surface area contributed by atoms with Crippen LogP contribution in [0.4, 0.5) is 4.39 Å². The predicted molar refractivity (Wildman–Crippen MR) is 86.2 cm³/mol. The number of rotatable bonds is 5. The number of para-hydroxylation sites is 1. The first kappa shape index (κ1) is 16.8. The molecule has 0 amide bonds. The van der Waals surface area contributed by atoms with Crippen LogP contribution in [0.3, 0.4) is 0 Å². The fourth-order valence-electron chi connectivity index (χ4n) is 2.12. The third-order valence-corrected chi connectivity index (χ3v) is 3.27. The van der Waals surface area contributed by atoms with Gasteiger partial charge in [-0.2, -0.15) is 9.37 Å². The molecule has 0 aliphatic carbocycles. The Morgan fingerprint density at radius 3 is 2.92 bits per heavy atom. The van der Waals surface area contributed by atoms with E-state index in [1.807, 2.05) is 0 Å². The second kappa shape index (κ2) is 7.67. The van der Waals surface area contributed by atoms with Crippen molar-refractivity contribution in [2.45, 2.75) is 6.92 Å². The second-order valence-corrected chi connectivity index (χ2v) is 4.90. The number of aliphatic hydroxyl groups excluding tert-OH is 1. The summed E-state index contributed by atoms with van der Waals surface area (Å²) >= 11 is 0. The molecule has 0 spiro atoms. The number of oxime groups is 1. The fourth-order valence-corrected chi connectivity index (χ4v) is 2.12. The van der Waals surface area contributed by atoms with Crippen LogP contribution in [0, 0.1) is 12.7 Å². The third-order valence-electron chi connectivity index (χ3n) is 3.27. The Morgan fingerprint density at radius 1 is 1.32 bits per heavy atom. The first-order chi connectivity index (χ1) is 12.2. The van der Waals surface area contributed by atoms with Crippen molar-refractivity contribution >= 4 is 11.6 Å². The van der Waals surface area contributed by atoms with Gasteiger partial charge in [0.05, 0.1) is 5.69 Å². The summed E-state index contributed by atoms with van der Waals surface area (Å²) in [6.07, 6.45) is 1.21. The predicted octanol–water partition coefficient (Wildman–Crippen LogP) is 1.82. The summed E-state index contributed by atoms with van der Waals surface area (Å²) in [5.74, 6) is -0.502. The van der Waals surface area contributed by atoms with Gasteiger partial charge < -0.3 is 19.4 Å². The Balaban J connectivity index is 2.01. The van der Waals surface area contributed by atoms with Crippen LogP contribution >= 0.6 is 0 Å². The number of aryl methyl sites for hydroxylation is 1. The molecule has 9 heteroatoms. The molecule has 0 saturated carbocycles. The Kier molecular flexibility index (Phi) is 5.14. The highest BCUT2D eigenvalue weighted by molar-refractivity contribution is 6.46. The lowest BCUT2D eigenvalue weighted by Crippen LogP contribution is -2.26. The van der Waals surface area contributed by atoms with E-state index in [0.717, 1.165) is 0 Å². The van der Waals surface area contributed by atoms with Crippen LogP contribution in [0.2, 0.25) is 0 Å². The molecule has 0 fully saturated rings. The molecule has 0 atom stereocenters. The van der Waals surface area contributed by atoms with Crippen molar-refractivity contribution < 1.29 is 23.8 Å². The zero-order chi connectivity index (χ0) is 17.6. The highest BCUT2D eigenvalue weighted by Gasteiger charge is 2.22. The van der Waals surface area contributed by atoms with E-state index >= 15 is 0 Å². The molecule has 1 N–H and O–H groups in total. The van der Waals surface area contributed by atoms with Gasteiger partial charge in [0.1, 0.15) is 31.1 Å². The molecule has 1 aliphatic heterocycles. The lowest BCUT2D eigenvalue weighted by Gasteiger charge is -2.17. The van der Waals surface area contributed by atoms with Gasteiger partial charge in [0.15, 0.2) is 6.61 Å². The number of hydrogen-bond donors (Lipinski definition) is 1. The van der Waals surface area contributed by atoms with E-state index in [9.17, 15) is 9.50 Å². The summed E-state index contributed by atoms with van der Waals surface area (Å²) in [7, 11) is 0. The fraction of sp³-hybridized carbons (Fsp3) is 0.250. The standard InChI is InChI=1S/C16H15FN4O4/c1-10-13(17)15(19-8-18-10)25-12-5-3-2-4-11(12)14(20-9-22)16-21-24-7-6-23-16/h2-5,8,22H,6-7,9H2,1H3/b20-14+. The van der Waals surface area contributed by atoms with E-state index in [0.29, 0.717) is 18.8 Å². The minimum atomic E-state index is -0.660. The number of halogens is 1. The van der Waals surface area contributed by atoms with Crippen LogP contribution in [-0.4, -0.2) is 46.6 Å². The van der Waals surface area contributed by atoms with Gasteiger partial charge in [-0.05, 0) is 24.2 Å². The minimum absolute atomic E-state index is 0.107. The van der Waals surface area contributed by atoms with Gasteiger partial charge in [-0.3, -0.25) is 4.99 Å². The molecule has 1 aliphatic rings. The molecule has 0 radical (unpaired) electrons. The third kappa shape index (κ3) is 3.72. The lowest BCUT2D eigenvalue weighted by molar-refractivity contribution is 0.0675. The topological polar surface area (TPSA) is 98.4 Å². The molecule has 25 heavy (non-hydrogen) atoms. The van der Waals surface area contributed by atoms with E-state index in [1.54, 1.807) is 24.3 Å². The van der Waals surface area contributed by atoms with Crippen LogP contribution < -0.4 is 4.74 Å². The Hall–Kier alpha value is -3.07. The van der Waals surface area contributed by atoms with Crippen LogP contribution in [0.5, 0.6) is 11.6 Å². The van der Waals surface area contributed by atoms with Crippen molar-refractivity contribution in [3.8, 4) is 11.6 Å². The normalized spacial score (nSPS) is 14.4. The number of aliphatic imine (C=N–C) groups is 1. The molecule has 1 aromatic carbocycles. The summed E-state index contributed by atoms with van der Waals surface area (Å²) < 4.78 is 25.2. The summed E-state index contributed by atoms with van der Waals surface area (Å²) in [6, 6.07) is 6.74. The minimum Gasteiger partial charge on any atom is -0.470 e. The zero-order valence-electron chi connectivity index (χ0n) is 13.3. The van der Waals surface area contributed by atoms with Gasteiger partial charge in [0.25, 0.3) is 11.8 Å². The van der Waals surface area contributed by atoms with Crippen molar-refractivity contribution in [2.75, 3.05) is 19.9 Å². The van der Waals surface area contributed by atoms with Gasteiger partial charge in [-0.1, -0.05) is 12.1 Å². The first-order valence-electron chi connectivity index (χ1n) is 7.43. The monoisotopic (exact) mass is 346 g/mol. The van der Waals surface area contributed by atoms with Crippen molar-refractivity contribution in [1.82, 2.24) is 9.97 Å². The molecular formula is C16H15FN4O4. The van der Waals surface area contributed by atoms with E-state index in [4.69, 9.17) is 14.3 Å². The largest absolute Gasteiger partial charge is 0.470 e. The molecular weight excluding hydrogens is 331 g/mol. The van der Waals surface area contributed by atoms with Crippen LogP contribution in [-0.2, 0) is 9.57 Å². The van der Waals surface area contributed by atoms with E-state index in [1.165, 1.54) is 13.3 Å². The number of nitrogens with zero attached hydrogens (tertiary/aromatic N) is 4. The van der Waals surface area contributed by atoms with Gasteiger partial charge in [0.2, 0.25) is 5.82 Å². The van der Waals surface area contributed by atoms with E-state index < -0.39 is 12.5 Å². The quantitative estimate of drug-likeness (QED) is 0.829. The lowest BCUT2D eigenvalue weighted by atomic mass is 10.1. The average Bonchev–Trinajstić information content (AvgIpc) is 2.65. The molecule has 0 unspecified atom stereocenters. The van der Waals surface area contributed by atoms with Crippen LogP contribution in [0.15, 0.2) is 40.7 Å². The maximum absolute atomic E-state index is 14.1. The highest BCUT2D eigenvalue weighted by Crippen LogP contribution is 2.27. The van der Waals surface area contributed by atoms with E-state index in [2.05, 4.69) is 20.1 Å². The first-order valence-corrected chi connectivity index (χ1v) is 7.43. The van der Waals surface area contributed by atoms with Gasteiger partial charge in [0, 0.05) is 5.56 Å². The average molecular weight is 346 g/mol. The molecule has 2 aromatic rings. The Bertz CT molecular complexity index is 826. The summed E-state index contributed by atoms with van der Waals surface area (Å²) in [6.45, 7) is 1.63. The molecule has 3 rings (SSSR count). The maximum Gasteiger partial charge on any atom is 0.276 e. The smallest absolute Gasteiger partial charge is 0.276 e. The van der Waals surface area contributed by atoms with Crippen LogP contribution in [0.1, 0.15) is 11.3 Å². The van der Waals surface area contributed by atoms with Crippen molar-refractivity contribution in [3.05, 3.63) is 47.7 Å². The molecule has 2 heterocycles. The van der Waals surface area contributed by atoms with Gasteiger partial charge in [-0.25, -0.2) is 4.98 Å². The molecule has 0 bridgehead atoms. The molecule has 0 saturated heterocycles. The number of aliphatic hydroxyl groups is 1. The summed E-state index contributed by atoms with van der Waals surface area (Å²) in [5.41, 5.74) is 0.834. The van der Waals surface area contributed by atoms with E-state index in [-0.39, 0.29) is 28.9 Å². The van der Waals surface area contributed by atoms with Gasteiger partial charge in [-0.15, -0.1) is 0 Å². The van der Waals surface area contributed by atoms with Crippen LogP contribution in [0.25, 0.3) is 0 Å². The van der Waals surface area contributed by atoms with Crippen molar-refractivity contribution in [2.24, 2.45) is 10.1 Å². The van der Waals surface area contributed by atoms with Crippen molar-refractivity contribution in [1.29, 1.82) is 0 Å². The molecule has 1 aromatic heterocycles. The van der Waals surface area contributed by atoms with Gasteiger partial charge >= 0.3 is 0 Å². The number of benzene rings is 1. The number of ether oxygens (including phenoxy) is 2. The molecule has 8 nitrogen and oxygen atoms in total. The number of hydrogen-bond acceptors (Lipinski definition) is 8. The second-order valence-electron chi connectivity index (χ2n) is 4.90. The SMILES string of the molecule is Cc1ncnc(Oc2ccccc2/C(=N\CO)C2=NOCCO2)c1F. The Morgan fingerprint density at radius 2 is 2.16 bits per heavy atom. The number of aromatic nitrogens is 2. The summed E-state index contributed by atoms with van der Waals surface area (Å²) in [5, 5.41) is 13.0. The zero-order valence-corrected chi connectivity index (χ0v) is 13.3. The van der Waals surface area contributed by atoms with Crippen molar-refractivity contribution in [3.63, 3.8) is 0 Å². The summed E-state index contributed by atoms with van der Waals surface area (Å²) in [4.78, 5) is 16.6.